The van der Waals surface area contributed by atoms with Gasteiger partial charge in [0.15, 0.2) is 0 Å². The summed E-state index contributed by atoms with van der Waals surface area (Å²) in [6, 6.07) is 8.39. The molecule has 0 amide bonds. The first-order valence-corrected chi connectivity index (χ1v) is 7.87. The summed E-state index contributed by atoms with van der Waals surface area (Å²) in [6.45, 7) is 4.16. The second kappa shape index (κ2) is 6.34. The largest absolute Gasteiger partial charge is 0.240 e. The lowest BCUT2D eigenvalue weighted by Gasteiger charge is -2.06. The van der Waals surface area contributed by atoms with Gasteiger partial charge in [-0.25, -0.2) is 9.97 Å². The second-order valence-corrected chi connectivity index (χ2v) is 5.66. The number of benzene rings is 1. The van der Waals surface area contributed by atoms with Gasteiger partial charge >= 0.3 is 0 Å². The first-order valence-electron chi connectivity index (χ1n) is 5.76. The van der Waals surface area contributed by atoms with E-state index in [0.717, 1.165) is 28.2 Å². The Bertz CT molecular complexity index is 543. The van der Waals surface area contributed by atoms with Crippen LogP contribution in [0.25, 0.3) is 0 Å². The number of hydrogen-bond acceptors (Lipinski definition) is 3. The quantitative estimate of drug-likeness (QED) is 0.620. The Hall–Kier alpha value is -0.870. The van der Waals surface area contributed by atoms with Crippen LogP contribution in [0.2, 0.25) is 0 Å². The van der Waals surface area contributed by atoms with E-state index in [4.69, 9.17) is 0 Å². The number of nitrogens with zero attached hydrogens (tertiary/aromatic N) is 2. The molecule has 0 bridgehead atoms. The summed E-state index contributed by atoms with van der Waals surface area (Å²) in [5.74, 6) is 1.71. The Labute approximate surface area is 120 Å². The minimum absolute atomic E-state index is 0.810. The summed E-state index contributed by atoms with van der Waals surface area (Å²) in [4.78, 5) is 10.2. The zero-order valence-corrected chi connectivity index (χ0v) is 12.9. The van der Waals surface area contributed by atoms with Crippen molar-refractivity contribution in [1.82, 2.24) is 9.97 Å². The van der Waals surface area contributed by atoms with Crippen molar-refractivity contribution in [3.05, 3.63) is 53.1 Å². The molecule has 0 fully saturated rings. The van der Waals surface area contributed by atoms with E-state index in [9.17, 15) is 0 Å². The molecule has 1 aromatic heterocycles. The standard InChI is InChI=1S/C14H15BrN2S/c1-10-5-3-4-6-13(10)18-9-14-16-8-12(7-15)11(2)17-14/h3-6,8H,7,9H2,1-2H3. The molecule has 0 saturated heterocycles. The van der Waals surface area contributed by atoms with Gasteiger partial charge < -0.3 is 0 Å². The third-order valence-corrected chi connectivity index (χ3v) is 4.50. The van der Waals surface area contributed by atoms with Crippen LogP contribution >= 0.6 is 27.7 Å². The Morgan fingerprint density at radius 3 is 2.67 bits per heavy atom. The van der Waals surface area contributed by atoms with Gasteiger partial charge in [-0.15, -0.1) is 11.8 Å². The lowest BCUT2D eigenvalue weighted by atomic mass is 10.2. The Balaban J connectivity index is 2.07. The molecule has 0 aliphatic heterocycles. The molecule has 0 saturated carbocycles. The smallest absolute Gasteiger partial charge is 0.138 e. The van der Waals surface area contributed by atoms with Crippen molar-refractivity contribution >= 4 is 27.7 Å². The lowest BCUT2D eigenvalue weighted by molar-refractivity contribution is 0.969. The zero-order valence-electron chi connectivity index (χ0n) is 10.5. The average Bonchev–Trinajstić information content (AvgIpc) is 2.38. The van der Waals surface area contributed by atoms with Crippen LogP contribution in [0.15, 0.2) is 35.4 Å². The first-order chi connectivity index (χ1) is 8.70. The van der Waals surface area contributed by atoms with Gasteiger partial charge in [0.2, 0.25) is 0 Å². The summed E-state index contributed by atoms with van der Waals surface area (Å²) in [5.41, 5.74) is 3.51. The number of hydrogen-bond donors (Lipinski definition) is 0. The molecule has 2 rings (SSSR count). The van der Waals surface area contributed by atoms with Crippen LogP contribution < -0.4 is 0 Å². The highest BCUT2D eigenvalue weighted by atomic mass is 79.9. The van der Waals surface area contributed by atoms with Crippen molar-refractivity contribution < 1.29 is 0 Å². The molecule has 0 unspecified atom stereocenters. The fraction of sp³-hybridized carbons (Fsp3) is 0.286. The van der Waals surface area contributed by atoms with Crippen molar-refractivity contribution in [2.24, 2.45) is 0 Å². The molecule has 4 heteroatoms. The van der Waals surface area contributed by atoms with Crippen LogP contribution in [0.5, 0.6) is 0 Å². The third kappa shape index (κ3) is 3.33. The minimum atomic E-state index is 0.810. The van der Waals surface area contributed by atoms with Crippen molar-refractivity contribution in [2.75, 3.05) is 0 Å². The fourth-order valence-electron chi connectivity index (χ4n) is 1.60. The monoisotopic (exact) mass is 322 g/mol. The average molecular weight is 323 g/mol. The van der Waals surface area contributed by atoms with Gasteiger partial charge in [0, 0.05) is 27.7 Å². The number of alkyl halides is 1. The van der Waals surface area contributed by atoms with Crippen LogP contribution in [0.4, 0.5) is 0 Å². The van der Waals surface area contributed by atoms with Crippen LogP contribution in [0, 0.1) is 13.8 Å². The van der Waals surface area contributed by atoms with E-state index in [1.54, 1.807) is 11.8 Å². The SMILES string of the molecule is Cc1ccccc1SCc1ncc(CBr)c(C)n1. The van der Waals surface area contributed by atoms with E-state index in [0.29, 0.717) is 0 Å². The normalized spacial score (nSPS) is 10.6. The van der Waals surface area contributed by atoms with Crippen molar-refractivity contribution in [3.63, 3.8) is 0 Å². The number of aromatic nitrogens is 2. The zero-order chi connectivity index (χ0) is 13.0. The van der Waals surface area contributed by atoms with Crippen molar-refractivity contribution in [1.29, 1.82) is 0 Å². The van der Waals surface area contributed by atoms with Gasteiger partial charge in [-0.2, -0.15) is 0 Å². The molecule has 18 heavy (non-hydrogen) atoms. The topological polar surface area (TPSA) is 25.8 Å². The Morgan fingerprint density at radius 2 is 2.00 bits per heavy atom. The summed E-state index contributed by atoms with van der Waals surface area (Å²) < 4.78 is 0. The third-order valence-electron chi connectivity index (χ3n) is 2.73. The maximum absolute atomic E-state index is 4.53. The molecule has 2 nitrogen and oxygen atoms in total. The molecule has 2 aromatic rings. The van der Waals surface area contributed by atoms with Gasteiger partial charge in [-0.3, -0.25) is 0 Å². The first kappa shape index (κ1) is 13.6. The summed E-state index contributed by atoms with van der Waals surface area (Å²) in [5, 5.41) is 0.810. The predicted molar refractivity (Wildman–Crippen MR) is 80.1 cm³/mol. The van der Waals surface area contributed by atoms with Gasteiger partial charge in [0.25, 0.3) is 0 Å². The molecular formula is C14H15BrN2S. The summed E-state index contributed by atoms with van der Waals surface area (Å²) in [7, 11) is 0. The molecule has 1 aromatic carbocycles. The van der Waals surface area contributed by atoms with Crippen molar-refractivity contribution in [3.8, 4) is 0 Å². The van der Waals surface area contributed by atoms with Crippen LogP contribution in [0.1, 0.15) is 22.6 Å². The lowest BCUT2D eigenvalue weighted by Crippen LogP contribution is -1.98. The van der Waals surface area contributed by atoms with E-state index >= 15 is 0 Å². The fourth-order valence-corrected chi connectivity index (χ4v) is 3.05. The molecule has 0 N–H and O–H groups in total. The molecule has 94 valence electrons. The maximum Gasteiger partial charge on any atom is 0.138 e. The number of thioether (sulfide) groups is 1. The molecule has 1 heterocycles. The van der Waals surface area contributed by atoms with Gasteiger partial charge in [-0.1, -0.05) is 34.1 Å². The van der Waals surface area contributed by atoms with Crippen molar-refractivity contribution in [2.45, 2.75) is 29.8 Å². The summed E-state index contributed by atoms with van der Waals surface area (Å²) >= 11 is 5.22. The highest BCUT2D eigenvalue weighted by Crippen LogP contribution is 2.24. The van der Waals surface area contributed by atoms with E-state index in [2.05, 4.69) is 57.1 Å². The van der Waals surface area contributed by atoms with Gasteiger partial charge in [-0.05, 0) is 25.5 Å². The highest BCUT2D eigenvalue weighted by Gasteiger charge is 2.04. The predicted octanol–water partition coefficient (Wildman–Crippen LogP) is 4.28. The maximum atomic E-state index is 4.53. The second-order valence-electron chi connectivity index (χ2n) is 4.08. The number of aryl methyl sites for hydroxylation is 2. The van der Waals surface area contributed by atoms with Gasteiger partial charge in [0.1, 0.15) is 5.82 Å². The Kier molecular flexibility index (Phi) is 4.78. The molecular weight excluding hydrogens is 308 g/mol. The minimum Gasteiger partial charge on any atom is -0.240 e. The van der Waals surface area contributed by atoms with Crippen LogP contribution in [-0.4, -0.2) is 9.97 Å². The van der Waals surface area contributed by atoms with Gasteiger partial charge in [0.05, 0.1) is 5.75 Å². The Morgan fingerprint density at radius 1 is 1.22 bits per heavy atom. The highest BCUT2D eigenvalue weighted by molar-refractivity contribution is 9.08. The molecule has 0 aliphatic carbocycles. The van der Waals surface area contributed by atoms with Crippen LogP contribution in [-0.2, 0) is 11.1 Å². The van der Waals surface area contributed by atoms with E-state index < -0.39 is 0 Å². The van der Waals surface area contributed by atoms with E-state index in [1.165, 1.54) is 10.5 Å². The molecule has 0 spiro atoms. The molecule has 0 aliphatic rings. The van der Waals surface area contributed by atoms with Crippen LogP contribution in [0.3, 0.4) is 0 Å². The van der Waals surface area contributed by atoms with E-state index in [1.807, 2.05) is 13.1 Å². The number of halogens is 1. The van der Waals surface area contributed by atoms with E-state index in [-0.39, 0.29) is 0 Å². The molecule has 0 atom stereocenters. The summed E-state index contributed by atoms with van der Waals surface area (Å²) in [6.07, 6.45) is 1.91. The molecule has 0 radical (unpaired) electrons. The number of rotatable bonds is 4.